The Kier molecular flexibility index (Phi) is 5.02. The molecule has 9 heteroatoms. The number of benzene rings is 1. The summed E-state index contributed by atoms with van der Waals surface area (Å²) in [5.74, 6) is -2.21. The maximum absolute atomic E-state index is 13.0. The number of thiophene rings is 1. The molecular weight excluding hydrogens is 327 g/mol. The minimum atomic E-state index is -0.820. The van der Waals surface area contributed by atoms with E-state index in [1.54, 1.807) is 18.4 Å². The molecule has 0 atom stereocenters. The van der Waals surface area contributed by atoms with E-state index in [0.29, 0.717) is 10.9 Å². The number of anilines is 1. The number of aryl methyl sites for hydroxylation is 1. The van der Waals surface area contributed by atoms with Gasteiger partial charge in [0.1, 0.15) is 16.4 Å². The van der Waals surface area contributed by atoms with Gasteiger partial charge in [-0.3, -0.25) is 14.9 Å². The van der Waals surface area contributed by atoms with Crippen LogP contribution >= 0.6 is 11.3 Å². The lowest BCUT2D eigenvalue weighted by molar-refractivity contribution is -0.384. The SMILES string of the molecule is Cc1ccsc1C(=O)OCC(=O)Nc1ccc(F)cc1[N+](=O)[O-]. The van der Waals surface area contributed by atoms with E-state index in [-0.39, 0.29) is 5.69 Å². The molecule has 120 valence electrons. The van der Waals surface area contributed by atoms with E-state index < -0.39 is 34.9 Å². The highest BCUT2D eigenvalue weighted by Gasteiger charge is 2.18. The van der Waals surface area contributed by atoms with Gasteiger partial charge in [0.05, 0.1) is 11.0 Å². The second-order valence-corrected chi connectivity index (χ2v) is 5.39. The van der Waals surface area contributed by atoms with Crippen molar-refractivity contribution in [3.05, 3.63) is 56.0 Å². The van der Waals surface area contributed by atoms with E-state index in [1.165, 1.54) is 11.3 Å². The molecule has 0 unspecified atom stereocenters. The first-order valence-electron chi connectivity index (χ1n) is 6.33. The highest BCUT2D eigenvalue weighted by atomic mass is 32.1. The maximum atomic E-state index is 13.0. The van der Waals surface area contributed by atoms with Crippen molar-refractivity contribution in [1.82, 2.24) is 0 Å². The number of nitro groups is 1. The zero-order chi connectivity index (χ0) is 17.0. The lowest BCUT2D eigenvalue weighted by Crippen LogP contribution is -2.21. The van der Waals surface area contributed by atoms with Crippen molar-refractivity contribution in [3.8, 4) is 0 Å². The molecule has 0 bridgehead atoms. The highest BCUT2D eigenvalue weighted by molar-refractivity contribution is 7.12. The van der Waals surface area contributed by atoms with Crippen molar-refractivity contribution in [2.24, 2.45) is 0 Å². The summed E-state index contributed by atoms with van der Waals surface area (Å²) in [7, 11) is 0. The van der Waals surface area contributed by atoms with Crippen molar-refractivity contribution in [2.75, 3.05) is 11.9 Å². The summed E-state index contributed by atoms with van der Waals surface area (Å²) in [6.07, 6.45) is 0. The number of hydrogen-bond acceptors (Lipinski definition) is 6. The number of esters is 1. The second kappa shape index (κ2) is 6.97. The van der Waals surface area contributed by atoms with Gasteiger partial charge < -0.3 is 10.1 Å². The number of rotatable bonds is 5. The minimum absolute atomic E-state index is 0.176. The van der Waals surface area contributed by atoms with E-state index >= 15 is 0 Å². The Bertz CT molecular complexity index is 774. The van der Waals surface area contributed by atoms with Crippen LogP contribution in [0.25, 0.3) is 0 Å². The van der Waals surface area contributed by atoms with Crippen molar-refractivity contribution < 1.29 is 23.6 Å². The van der Waals surface area contributed by atoms with Gasteiger partial charge in [-0.2, -0.15) is 0 Å². The summed E-state index contributed by atoms with van der Waals surface area (Å²) < 4.78 is 17.8. The van der Waals surface area contributed by atoms with Crippen LogP contribution in [0.3, 0.4) is 0 Å². The topological polar surface area (TPSA) is 98.5 Å². The fraction of sp³-hybridized carbons (Fsp3) is 0.143. The van der Waals surface area contributed by atoms with Gasteiger partial charge in [0.2, 0.25) is 0 Å². The van der Waals surface area contributed by atoms with E-state index in [9.17, 15) is 24.1 Å². The summed E-state index contributed by atoms with van der Waals surface area (Å²) in [4.78, 5) is 33.9. The average Bonchev–Trinajstić information content (AvgIpc) is 2.92. The number of halogens is 1. The number of nitrogens with one attached hydrogen (secondary N) is 1. The van der Waals surface area contributed by atoms with Crippen molar-refractivity contribution >= 4 is 34.6 Å². The summed E-state index contributed by atoms with van der Waals surface area (Å²) >= 11 is 1.18. The molecule has 0 fully saturated rings. The number of carbonyl (C=O) groups excluding carboxylic acids is 2. The Morgan fingerprint density at radius 1 is 1.39 bits per heavy atom. The number of hydrogen-bond donors (Lipinski definition) is 1. The van der Waals surface area contributed by atoms with Crippen LogP contribution in [0, 0.1) is 22.9 Å². The van der Waals surface area contributed by atoms with Crippen LogP contribution in [0.4, 0.5) is 15.8 Å². The van der Waals surface area contributed by atoms with Crippen LogP contribution in [0.15, 0.2) is 29.6 Å². The zero-order valence-electron chi connectivity index (χ0n) is 11.9. The molecule has 0 saturated carbocycles. The van der Waals surface area contributed by atoms with Gasteiger partial charge in [0, 0.05) is 0 Å². The first kappa shape index (κ1) is 16.6. The molecule has 1 aromatic heterocycles. The number of nitrogens with zero attached hydrogens (tertiary/aromatic N) is 1. The number of carbonyl (C=O) groups is 2. The van der Waals surface area contributed by atoms with Crippen LogP contribution in [0.5, 0.6) is 0 Å². The predicted octanol–water partition coefficient (Wildman–Crippen LogP) is 2.90. The fourth-order valence-corrected chi connectivity index (χ4v) is 2.54. The second-order valence-electron chi connectivity index (χ2n) is 4.48. The smallest absolute Gasteiger partial charge is 0.349 e. The molecule has 1 amide bonds. The molecule has 0 aliphatic rings. The first-order chi connectivity index (χ1) is 10.9. The third kappa shape index (κ3) is 4.10. The van der Waals surface area contributed by atoms with Crippen LogP contribution in [-0.4, -0.2) is 23.4 Å². The first-order valence-corrected chi connectivity index (χ1v) is 7.21. The van der Waals surface area contributed by atoms with Gasteiger partial charge in [-0.15, -0.1) is 11.3 Å². The van der Waals surface area contributed by atoms with E-state index in [1.807, 2.05) is 0 Å². The highest BCUT2D eigenvalue weighted by Crippen LogP contribution is 2.25. The number of ether oxygens (including phenoxy) is 1. The van der Waals surface area contributed by atoms with Crippen LogP contribution in [0.2, 0.25) is 0 Å². The Hall–Kier alpha value is -2.81. The molecule has 0 aliphatic carbocycles. The predicted molar refractivity (Wildman–Crippen MR) is 81.0 cm³/mol. The van der Waals surface area contributed by atoms with Gasteiger partial charge in [0.15, 0.2) is 6.61 Å². The molecule has 2 rings (SSSR count). The largest absolute Gasteiger partial charge is 0.451 e. The Morgan fingerprint density at radius 2 is 2.13 bits per heavy atom. The van der Waals surface area contributed by atoms with Crippen LogP contribution in [-0.2, 0) is 9.53 Å². The molecule has 1 heterocycles. The lowest BCUT2D eigenvalue weighted by atomic mass is 10.2. The van der Waals surface area contributed by atoms with Gasteiger partial charge in [-0.05, 0) is 36.1 Å². The molecule has 1 N–H and O–H groups in total. The van der Waals surface area contributed by atoms with Gasteiger partial charge >= 0.3 is 5.97 Å². The third-order valence-corrected chi connectivity index (χ3v) is 3.81. The molecule has 0 spiro atoms. The summed E-state index contributed by atoms with van der Waals surface area (Å²) in [6.45, 7) is 1.12. The molecule has 0 saturated heterocycles. The van der Waals surface area contributed by atoms with E-state index in [2.05, 4.69) is 5.32 Å². The molecule has 1 aromatic carbocycles. The molecular formula is C14H11FN2O5S. The van der Waals surface area contributed by atoms with Crippen molar-refractivity contribution in [2.45, 2.75) is 6.92 Å². The van der Waals surface area contributed by atoms with Crippen molar-refractivity contribution in [1.29, 1.82) is 0 Å². The lowest BCUT2D eigenvalue weighted by Gasteiger charge is -2.07. The maximum Gasteiger partial charge on any atom is 0.349 e. The van der Waals surface area contributed by atoms with Crippen LogP contribution < -0.4 is 5.32 Å². The normalized spacial score (nSPS) is 10.2. The quantitative estimate of drug-likeness (QED) is 0.513. The van der Waals surface area contributed by atoms with Gasteiger partial charge in [-0.1, -0.05) is 0 Å². The average molecular weight is 338 g/mol. The zero-order valence-corrected chi connectivity index (χ0v) is 12.7. The molecule has 2 aromatic rings. The van der Waals surface area contributed by atoms with E-state index in [0.717, 1.165) is 17.7 Å². The Morgan fingerprint density at radius 3 is 2.74 bits per heavy atom. The standard InChI is InChI=1S/C14H11FN2O5S/c1-8-4-5-23-13(8)14(19)22-7-12(18)16-10-3-2-9(15)6-11(10)17(20)21/h2-6H,7H2,1H3,(H,16,18). The summed E-state index contributed by atoms with van der Waals surface area (Å²) in [5, 5.41) is 14.7. The monoisotopic (exact) mass is 338 g/mol. The van der Waals surface area contributed by atoms with Gasteiger partial charge in [-0.25, -0.2) is 9.18 Å². The van der Waals surface area contributed by atoms with Crippen molar-refractivity contribution in [3.63, 3.8) is 0 Å². The van der Waals surface area contributed by atoms with Crippen LogP contribution in [0.1, 0.15) is 15.2 Å². The van der Waals surface area contributed by atoms with Gasteiger partial charge in [0.25, 0.3) is 11.6 Å². The summed E-state index contributed by atoms with van der Waals surface area (Å²) in [5.41, 5.74) is -0.0295. The Balaban J connectivity index is 1.99. The fourth-order valence-electron chi connectivity index (χ4n) is 1.73. The Labute approximate surface area is 133 Å². The number of nitro benzene ring substituents is 1. The third-order valence-electron chi connectivity index (χ3n) is 2.81. The summed E-state index contributed by atoms with van der Waals surface area (Å²) in [6, 6.07) is 4.47. The molecule has 23 heavy (non-hydrogen) atoms. The molecule has 0 aliphatic heterocycles. The van der Waals surface area contributed by atoms with E-state index in [4.69, 9.17) is 4.74 Å². The minimum Gasteiger partial charge on any atom is -0.451 e. The molecule has 0 radical (unpaired) electrons. The number of amides is 1. The molecule has 7 nitrogen and oxygen atoms in total.